The zero-order chi connectivity index (χ0) is 15.1. The first-order valence-corrected chi connectivity index (χ1v) is 8.34. The van der Waals surface area contributed by atoms with Gasteiger partial charge in [-0.3, -0.25) is 4.79 Å². The van der Waals surface area contributed by atoms with Gasteiger partial charge in [-0.1, -0.05) is 42.1 Å². The first kappa shape index (κ1) is 16.6. The highest BCUT2D eigenvalue weighted by atomic mass is 35.5. The Morgan fingerprint density at radius 3 is 2.33 bits per heavy atom. The van der Waals surface area contributed by atoms with Crippen LogP contribution in [0.1, 0.15) is 31.2 Å². The molecule has 1 aliphatic rings. The van der Waals surface area contributed by atoms with Crippen LogP contribution in [0.3, 0.4) is 0 Å². The van der Waals surface area contributed by atoms with Crippen LogP contribution in [0.5, 0.6) is 0 Å². The Morgan fingerprint density at radius 2 is 1.71 bits per heavy atom. The van der Waals surface area contributed by atoms with E-state index >= 15 is 0 Å². The molecule has 0 bridgehead atoms. The van der Waals surface area contributed by atoms with E-state index < -0.39 is 0 Å². The van der Waals surface area contributed by atoms with Crippen molar-refractivity contribution < 1.29 is 4.79 Å². The number of carbonyl (C=O) groups excluding carboxylic acids is 1. The van der Waals surface area contributed by atoms with Gasteiger partial charge in [0, 0.05) is 23.1 Å². The van der Waals surface area contributed by atoms with Crippen LogP contribution in [0.15, 0.2) is 18.2 Å². The Bertz CT molecular complexity index is 451. The van der Waals surface area contributed by atoms with Gasteiger partial charge in [0.25, 0.3) is 0 Å². The molecular formula is C16H22Cl2N2O. The zero-order valence-corrected chi connectivity index (χ0v) is 13.7. The summed E-state index contributed by atoms with van der Waals surface area (Å²) >= 11 is 12.1. The van der Waals surface area contributed by atoms with Crippen LogP contribution in [0.2, 0.25) is 10.0 Å². The molecule has 0 saturated carbocycles. The Kier molecular flexibility index (Phi) is 6.81. The number of nitrogens with one attached hydrogen (secondary N) is 1. The van der Waals surface area contributed by atoms with Crippen LogP contribution in [-0.2, 0) is 11.2 Å². The summed E-state index contributed by atoms with van der Waals surface area (Å²) in [6.45, 7) is 3.89. The van der Waals surface area contributed by atoms with Crippen molar-refractivity contribution in [2.24, 2.45) is 0 Å². The molecule has 0 unspecified atom stereocenters. The van der Waals surface area contributed by atoms with E-state index in [0.717, 1.165) is 19.6 Å². The summed E-state index contributed by atoms with van der Waals surface area (Å²) in [7, 11) is 0. The average Bonchev–Trinajstić information content (AvgIpc) is 2.72. The second-order valence-electron chi connectivity index (χ2n) is 5.48. The van der Waals surface area contributed by atoms with Crippen molar-refractivity contribution >= 4 is 29.1 Å². The average molecular weight is 329 g/mol. The standard InChI is InChI=1S/C16H22Cl2N2O/c17-14-6-5-7-15(18)13(14)12-16(21)19-8-11-20-9-3-1-2-4-10-20/h5-7H,1-4,8-12H2,(H,19,21). The van der Waals surface area contributed by atoms with Crippen LogP contribution in [0, 0.1) is 0 Å². The van der Waals surface area contributed by atoms with Crippen LogP contribution in [0.25, 0.3) is 0 Å². The van der Waals surface area contributed by atoms with Crippen molar-refractivity contribution in [3.05, 3.63) is 33.8 Å². The van der Waals surface area contributed by atoms with Crippen molar-refractivity contribution in [1.82, 2.24) is 10.2 Å². The van der Waals surface area contributed by atoms with E-state index in [9.17, 15) is 4.79 Å². The molecule has 1 aliphatic heterocycles. The molecule has 1 amide bonds. The monoisotopic (exact) mass is 328 g/mol. The van der Waals surface area contributed by atoms with Crippen LogP contribution >= 0.6 is 23.2 Å². The van der Waals surface area contributed by atoms with Gasteiger partial charge in [0.1, 0.15) is 0 Å². The molecule has 1 aromatic rings. The van der Waals surface area contributed by atoms with E-state index in [0.29, 0.717) is 22.2 Å². The third-order valence-electron chi connectivity index (χ3n) is 3.85. The number of benzene rings is 1. The molecule has 5 heteroatoms. The van der Waals surface area contributed by atoms with E-state index in [1.54, 1.807) is 18.2 Å². The van der Waals surface area contributed by atoms with E-state index in [4.69, 9.17) is 23.2 Å². The zero-order valence-electron chi connectivity index (χ0n) is 12.2. The van der Waals surface area contributed by atoms with E-state index in [1.165, 1.54) is 25.7 Å². The molecule has 0 radical (unpaired) electrons. The second kappa shape index (κ2) is 8.62. The van der Waals surface area contributed by atoms with E-state index in [1.807, 2.05) is 0 Å². The number of hydrogen-bond donors (Lipinski definition) is 1. The Labute approximate surface area is 136 Å². The Morgan fingerprint density at radius 1 is 1.10 bits per heavy atom. The molecule has 0 spiro atoms. The lowest BCUT2D eigenvalue weighted by atomic mass is 10.1. The third kappa shape index (κ3) is 5.50. The topological polar surface area (TPSA) is 32.3 Å². The van der Waals surface area contributed by atoms with Crippen LogP contribution in [-0.4, -0.2) is 37.0 Å². The number of hydrogen-bond acceptors (Lipinski definition) is 2. The number of likely N-dealkylation sites (tertiary alicyclic amines) is 1. The van der Waals surface area contributed by atoms with Gasteiger partial charge in [-0.2, -0.15) is 0 Å². The molecule has 3 nitrogen and oxygen atoms in total. The highest BCUT2D eigenvalue weighted by molar-refractivity contribution is 6.36. The Balaban J connectivity index is 1.74. The van der Waals surface area contributed by atoms with Gasteiger partial charge in [-0.25, -0.2) is 0 Å². The number of nitrogens with zero attached hydrogens (tertiary/aromatic N) is 1. The lowest BCUT2D eigenvalue weighted by Crippen LogP contribution is -2.36. The molecule has 1 aromatic carbocycles. The molecular weight excluding hydrogens is 307 g/mol. The maximum absolute atomic E-state index is 12.0. The molecule has 0 aliphatic carbocycles. The molecule has 1 heterocycles. The highest BCUT2D eigenvalue weighted by Gasteiger charge is 2.12. The maximum atomic E-state index is 12.0. The molecule has 1 N–H and O–H groups in total. The summed E-state index contributed by atoms with van der Waals surface area (Å²) in [4.78, 5) is 14.4. The van der Waals surface area contributed by atoms with Gasteiger partial charge in [-0.05, 0) is 43.6 Å². The first-order chi connectivity index (χ1) is 10.2. The summed E-state index contributed by atoms with van der Waals surface area (Å²) in [5, 5.41) is 4.05. The summed E-state index contributed by atoms with van der Waals surface area (Å²) in [5.74, 6) is -0.0279. The van der Waals surface area contributed by atoms with Crippen molar-refractivity contribution in [3.8, 4) is 0 Å². The van der Waals surface area contributed by atoms with Gasteiger partial charge in [0.05, 0.1) is 6.42 Å². The smallest absolute Gasteiger partial charge is 0.224 e. The maximum Gasteiger partial charge on any atom is 0.224 e. The summed E-state index contributed by atoms with van der Waals surface area (Å²) in [5.41, 5.74) is 0.702. The van der Waals surface area contributed by atoms with Crippen LogP contribution in [0.4, 0.5) is 0 Å². The van der Waals surface area contributed by atoms with Gasteiger partial charge in [0.15, 0.2) is 0 Å². The molecule has 116 valence electrons. The molecule has 1 saturated heterocycles. The molecule has 0 aromatic heterocycles. The molecule has 2 rings (SSSR count). The second-order valence-corrected chi connectivity index (χ2v) is 6.30. The fourth-order valence-corrected chi connectivity index (χ4v) is 3.17. The van der Waals surface area contributed by atoms with E-state index in [-0.39, 0.29) is 12.3 Å². The number of carbonyl (C=O) groups is 1. The van der Waals surface area contributed by atoms with Gasteiger partial charge < -0.3 is 10.2 Å². The van der Waals surface area contributed by atoms with Gasteiger partial charge >= 0.3 is 0 Å². The SMILES string of the molecule is O=C(Cc1c(Cl)cccc1Cl)NCCN1CCCCCC1. The highest BCUT2D eigenvalue weighted by Crippen LogP contribution is 2.24. The summed E-state index contributed by atoms with van der Waals surface area (Å²) in [6, 6.07) is 5.30. The number of halogens is 2. The lowest BCUT2D eigenvalue weighted by Gasteiger charge is -2.19. The molecule has 1 fully saturated rings. The minimum Gasteiger partial charge on any atom is -0.355 e. The largest absolute Gasteiger partial charge is 0.355 e. The van der Waals surface area contributed by atoms with Crippen molar-refractivity contribution in [3.63, 3.8) is 0 Å². The molecule has 0 atom stereocenters. The van der Waals surface area contributed by atoms with Gasteiger partial charge in [-0.15, -0.1) is 0 Å². The van der Waals surface area contributed by atoms with Crippen molar-refractivity contribution in [2.75, 3.05) is 26.2 Å². The minimum atomic E-state index is -0.0279. The fraction of sp³-hybridized carbons (Fsp3) is 0.562. The summed E-state index contributed by atoms with van der Waals surface area (Å²) < 4.78 is 0. The number of amides is 1. The van der Waals surface area contributed by atoms with E-state index in [2.05, 4.69) is 10.2 Å². The van der Waals surface area contributed by atoms with Gasteiger partial charge in [0.2, 0.25) is 5.91 Å². The minimum absolute atomic E-state index is 0.0279. The van der Waals surface area contributed by atoms with Crippen molar-refractivity contribution in [1.29, 1.82) is 0 Å². The number of rotatable bonds is 5. The predicted octanol–water partition coefficient (Wildman–Crippen LogP) is 3.53. The lowest BCUT2D eigenvalue weighted by molar-refractivity contribution is -0.120. The third-order valence-corrected chi connectivity index (χ3v) is 4.56. The quantitative estimate of drug-likeness (QED) is 0.896. The normalized spacial score (nSPS) is 16.5. The van der Waals surface area contributed by atoms with Crippen molar-refractivity contribution in [2.45, 2.75) is 32.1 Å². The fourth-order valence-electron chi connectivity index (χ4n) is 2.64. The van der Waals surface area contributed by atoms with Crippen LogP contribution < -0.4 is 5.32 Å². The predicted molar refractivity (Wildman–Crippen MR) is 88.1 cm³/mol. The first-order valence-electron chi connectivity index (χ1n) is 7.59. The Hall–Kier alpha value is -0.770. The molecule has 21 heavy (non-hydrogen) atoms. The summed E-state index contributed by atoms with van der Waals surface area (Å²) in [6.07, 6.45) is 5.42.